The van der Waals surface area contributed by atoms with Crippen molar-refractivity contribution in [3.63, 3.8) is 0 Å². The van der Waals surface area contributed by atoms with E-state index in [2.05, 4.69) is 15.6 Å². The largest absolute Gasteiger partial charge is 0.497 e. The highest BCUT2D eigenvalue weighted by molar-refractivity contribution is 6.02. The molecule has 0 bridgehead atoms. The fraction of sp³-hybridized carbons (Fsp3) is 0.333. The first-order chi connectivity index (χ1) is 19.5. The average molecular weight is 546 g/mol. The first-order valence-electron chi connectivity index (χ1n) is 13.4. The Kier molecular flexibility index (Phi) is 8.23. The van der Waals surface area contributed by atoms with Gasteiger partial charge >= 0.3 is 0 Å². The van der Waals surface area contributed by atoms with Crippen LogP contribution in [-0.2, 0) is 16.1 Å². The van der Waals surface area contributed by atoms with Gasteiger partial charge in [0.25, 0.3) is 0 Å². The van der Waals surface area contributed by atoms with Crippen LogP contribution in [0.4, 0.5) is 10.1 Å². The summed E-state index contributed by atoms with van der Waals surface area (Å²) in [6, 6.07) is 16.8. The Hall–Kier alpha value is -4.47. The summed E-state index contributed by atoms with van der Waals surface area (Å²) in [5, 5.41) is 11.5. The van der Waals surface area contributed by atoms with Gasteiger partial charge in [-0.3, -0.25) is 14.5 Å². The molecule has 40 heavy (non-hydrogen) atoms. The lowest BCUT2D eigenvalue weighted by molar-refractivity contribution is -0.127. The van der Waals surface area contributed by atoms with E-state index in [9.17, 15) is 14.0 Å². The fourth-order valence-corrected chi connectivity index (χ4v) is 5.28. The first kappa shape index (κ1) is 27.1. The van der Waals surface area contributed by atoms with Crippen LogP contribution in [0.2, 0.25) is 0 Å². The molecule has 0 spiro atoms. The van der Waals surface area contributed by atoms with E-state index in [1.54, 1.807) is 30.3 Å². The number of benzene rings is 3. The molecule has 0 radical (unpaired) electrons. The number of nitrogens with one attached hydrogen (secondary N) is 1. The second-order valence-electron chi connectivity index (χ2n) is 9.83. The molecule has 1 aliphatic rings. The molecule has 1 N–H and O–H groups in total. The van der Waals surface area contributed by atoms with E-state index in [4.69, 9.17) is 9.47 Å². The minimum atomic E-state index is -1.18. The average Bonchev–Trinajstić information content (AvgIpc) is 3.38. The summed E-state index contributed by atoms with van der Waals surface area (Å²) in [7, 11) is 3.02. The second-order valence-corrected chi connectivity index (χ2v) is 9.83. The van der Waals surface area contributed by atoms with Crippen molar-refractivity contribution in [3.8, 4) is 11.5 Å². The number of fused-ring (bicyclic) bond motifs is 1. The van der Waals surface area contributed by atoms with Gasteiger partial charge in [-0.15, -0.1) is 5.10 Å². The molecule has 1 aromatic heterocycles. The summed E-state index contributed by atoms with van der Waals surface area (Å²) in [6.45, 7) is -0.226. The third kappa shape index (κ3) is 5.75. The second kappa shape index (κ2) is 12.1. The molecule has 2 amide bonds. The Bertz CT molecular complexity index is 1500. The van der Waals surface area contributed by atoms with Gasteiger partial charge in [0.1, 0.15) is 35.4 Å². The quantitative estimate of drug-likeness (QED) is 0.324. The Morgan fingerprint density at radius 1 is 1.02 bits per heavy atom. The molecular weight excluding hydrogens is 513 g/mol. The van der Waals surface area contributed by atoms with Gasteiger partial charge in [-0.05, 0) is 61.4 Å². The normalized spacial score (nSPS) is 14.5. The highest BCUT2D eigenvalue weighted by atomic mass is 19.1. The number of aromatic nitrogens is 3. The Balaban J connectivity index is 1.63. The molecule has 1 fully saturated rings. The van der Waals surface area contributed by atoms with Crippen LogP contribution >= 0.6 is 0 Å². The van der Waals surface area contributed by atoms with Crippen LogP contribution < -0.4 is 19.7 Å². The lowest BCUT2D eigenvalue weighted by Gasteiger charge is -2.34. The van der Waals surface area contributed by atoms with Crippen molar-refractivity contribution < 1.29 is 23.5 Å². The first-order valence-corrected chi connectivity index (χ1v) is 13.4. The number of ether oxygens (including phenoxy) is 2. The summed E-state index contributed by atoms with van der Waals surface area (Å²) >= 11 is 0. The van der Waals surface area contributed by atoms with E-state index >= 15 is 0 Å². The summed E-state index contributed by atoms with van der Waals surface area (Å²) in [4.78, 5) is 29.7. The highest BCUT2D eigenvalue weighted by Gasteiger charge is 2.37. The SMILES string of the molecule is COc1ccc(OC)c([C@@H](C(=O)NC2CCCCC2)N(C(=O)Cn2nnc3ccccc32)c2cccc(F)c2)c1. The molecule has 0 aliphatic heterocycles. The van der Waals surface area contributed by atoms with Crippen molar-refractivity contribution in [1.82, 2.24) is 20.3 Å². The Morgan fingerprint density at radius 3 is 2.58 bits per heavy atom. The lowest BCUT2D eigenvalue weighted by Crippen LogP contribution is -2.48. The topological polar surface area (TPSA) is 98.6 Å². The predicted octanol–water partition coefficient (Wildman–Crippen LogP) is 4.81. The van der Waals surface area contributed by atoms with E-state index in [1.807, 2.05) is 18.2 Å². The van der Waals surface area contributed by atoms with E-state index < -0.39 is 17.8 Å². The molecule has 9 nitrogen and oxygen atoms in total. The van der Waals surface area contributed by atoms with Gasteiger partial charge in [-0.2, -0.15) is 0 Å². The van der Waals surface area contributed by atoms with Gasteiger partial charge in [-0.25, -0.2) is 9.07 Å². The zero-order valence-electron chi connectivity index (χ0n) is 22.5. The maximum atomic E-state index is 14.6. The van der Waals surface area contributed by atoms with Gasteiger partial charge in [0.2, 0.25) is 11.8 Å². The van der Waals surface area contributed by atoms with Crippen molar-refractivity contribution in [2.75, 3.05) is 19.1 Å². The summed E-state index contributed by atoms with van der Waals surface area (Å²) < 4.78 is 27.1. The van der Waals surface area contributed by atoms with E-state index in [0.717, 1.165) is 32.1 Å². The molecular formula is C30H32FN5O4. The van der Waals surface area contributed by atoms with Crippen molar-refractivity contribution >= 4 is 28.5 Å². The number of carbonyl (C=O) groups is 2. The monoisotopic (exact) mass is 545 g/mol. The number of nitrogens with zero attached hydrogens (tertiary/aromatic N) is 4. The number of hydrogen-bond acceptors (Lipinski definition) is 6. The molecule has 208 valence electrons. The third-order valence-corrected chi connectivity index (χ3v) is 7.25. The molecule has 0 saturated heterocycles. The minimum absolute atomic E-state index is 0.0240. The van der Waals surface area contributed by atoms with Crippen LogP contribution in [-0.4, -0.2) is 47.1 Å². The standard InChI is InChI=1S/C30H32FN5O4/c1-39-23-15-16-27(40-2)24(18-23)29(30(38)32-21-10-4-3-5-11-21)36(22-12-8-9-20(31)17-22)28(37)19-35-26-14-7-6-13-25(26)33-34-35/h6-9,12-18,21,29H,3-5,10-11,19H2,1-2H3,(H,32,38)/t29-/m0/s1. The van der Waals surface area contributed by atoms with Crippen LogP contribution in [0.3, 0.4) is 0 Å². The predicted molar refractivity (Wildman–Crippen MR) is 149 cm³/mol. The number of carbonyl (C=O) groups excluding carboxylic acids is 2. The highest BCUT2D eigenvalue weighted by Crippen LogP contribution is 2.37. The van der Waals surface area contributed by atoms with Gasteiger partial charge in [0.15, 0.2) is 0 Å². The molecule has 1 saturated carbocycles. The molecule has 1 heterocycles. The van der Waals surface area contributed by atoms with Crippen LogP contribution in [0.1, 0.15) is 43.7 Å². The number of methoxy groups -OCH3 is 2. The minimum Gasteiger partial charge on any atom is -0.497 e. The molecule has 5 rings (SSSR count). The molecule has 3 aromatic carbocycles. The van der Waals surface area contributed by atoms with E-state index in [1.165, 1.54) is 42.0 Å². The van der Waals surface area contributed by atoms with Crippen LogP contribution in [0.25, 0.3) is 11.0 Å². The molecule has 10 heteroatoms. The van der Waals surface area contributed by atoms with Crippen molar-refractivity contribution in [1.29, 1.82) is 0 Å². The van der Waals surface area contributed by atoms with Crippen molar-refractivity contribution in [2.45, 2.75) is 50.7 Å². The molecule has 4 aromatic rings. The maximum Gasteiger partial charge on any atom is 0.249 e. The number of hydrogen-bond donors (Lipinski definition) is 1. The zero-order chi connectivity index (χ0) is 28.1. The van der Waals surface area contributed by atoms with Crippen LogP contribution in [0.5, 0.6) is 11.5 Å². The lowest BCUT2D eigenvalue weighted by atomic mass is 9.94. The summed E-state index contributed by atoms with van der Waals surface area (Å²) in [5.74, 6) is -0.523. The number of amides is 2. The Morgan fingerprint density at radius 2 is 1.82 bits per heavy atom. The van der Waals surface area contributed by atoms with Gasteiger partial charge in [0.05, 0.1) is 19.7 Å². The van der Waals surface area contributed by atoms with Gasteiger partial charge < -0.3 is 14.8 Å². The molecule has 1 aliphatic carbocycles. The van der Waals surface area contributed by atoms with E-state index in [-0.39, 0.29) is 24.2 Å². The van der Waals surface area contributed by atoms with Gasteiger partial charge in [0, 0.05) is 17.3 Å². The number of rotatable bonds is 9. The zero-order valence-corrected chi connectivity index (χ0v) is 22.5. The smallest absolute Gasteiger partial charge is 0.249 e. The third-order valence-electron chi connectivity index (χ3n) is 7.25. The van der Waals surface area contributed by atoms with Gasteiger partial charge in [-0.1, -0.05) is 42.7 Å². The summed E-state index contributed by atoms with van der Waals surface area (Å²) in [6.07, 6.45) is 4.87. The van der Waals surface area contributed by atoms with Crippen molar-refractivity contribution in [2.24, 2.45) is 0 Å². The summed E-state index contributed by atoms with van der Waals surface area (Å²) in [5.41, 5.74) is 1.94. The number of halogens is 1. The molecule has 0 unspecified atom stereocenters. The van der Waals surface area contributed by atoms with Crippen LogP contribution in [0.15, 0.2) is 66.7 Å². The maximum absolute atomic E-state index is 14.6. The van der Waals surface area contributed by atoms with Crippen LogP contribution in [0, 0.1) is 5.82 Å². The number of para-hydroxylation sites is 1. The Labute approximate surface area is 231 Å². The van der Waals surface area contributed by atoms with Crippen molar-refractivity contribution in [3.05, 3.63) is 78.1 Å². The fourth-order valence-electron chi connectivity index (χ4n) is 5.28. The van der Waals surface area contributed by atoms with E-state index in [0.29, 0.717) is 28.1 Å². The molecule has 1 atom stereocenters. The number of anilines is 1.